The van der Waals surface area contributed by atoms with E-state index >= 15 is 0 Å². The molecular weight excluding hydrogens is 392 g/mol. The third-order valence-electron chi connectivity index (χ3n) is 5.62. The van der Waals surface area contributed by atoms with E-state index in [9.17, 15) is 5.11 Å². The van der Waals surface area contributed by atoms with E-state index in [1.54, 1.807) is 14.2 Å². The minimum absolute atomic E-state index is 0.260. The van der Waals surface area contributed by atoms with Crippen LogP contribution in [-0.2, 0) is 13.1 Å². The highest BCUT2D eigenvalue weighted by atomic mass is 16.5. The quantitative estimate of drug-likeness (QED) is 0.591. The number of β-amino-alcohol motifs (C(OH)–C–C–N with tert-alkyl or cyclic N) is 1. The molecule has 1 fully saturated rings. The average molecular weight is 429 g/mol. The van der Waals surface area contributed by atoms with E-state index in [1.807, 2.05) is 24.3 Å². The van der Waals surface area contributed by atoms with Crippen LogP contribution in [0.25, 0.3) is 0 Å². The van der Waals surface area contributed by atoms with Crippen molar-refractivity contribution >= 4 is 0 Å². The standard InChI is InChI=1S/C25H36N2O4/c1-26(16-20-8-7-9-23(14-20)29-2)17-21-10-11-24(30-3)25(15-21)31-19-22(28)18-27-12-5-4-6-13-27/h7-11,14-15,22,28H,4-6,12-13,16-19H2,1-3H3. The lowest BCUT2D eigenvalue weighted by Crippen LogP contribution is -2.38. The molecule has 0 aromatic heterocycles. The van der Waals surface area contributed by atoms with Gasteiger partial charge >= 0.3 is 0 Å². The Morgan fingerprint density at radius 3 is 2.39 bits per heavy atom. The monoisotopic (exact) mass is 428 g/mol. The van der Waals surface area contributed by atoms with E-state index in [-0.39, 0.29) is 6.61 Å². The van der Waals surface area contributed by atoms with Crippen LogP contribution in [0.5, 0.6) is 17.2 Å². The number of aliphatic hydroxyl groups is 1. The van der Waals surface area contributed by atoms with Crippen LogP contribution in [0.3, 0.4) is 0 Å². The van der Waals surface area contributed by atoms with Gasteiger partial charge in [0.15, 0.2) is 11.5 Å². The molecular formula is C25H36N2O4. The number of piperidine rings is 1. The molecule has 1 heterocycles. The maximum Gasteiger partial charge on any atom is 0.161 e. The number of benzene rings is 2. The van der Waals surface area contributed by atoms with Crippen LogP contribution in [0.4, 0.5) is 0 Å². The summed E-state index contributed by atoms with van der Waals surface area (Å²) in [7, 11) is 5.42. The van der Waals surface area contributed by atoms with Crippen LogP contribution in [-0.4, -0.2) is 68.5 Å². The van der Waals surface area contributed by atoms with Crippen molar-refractivity contribution < 1.29 is 19.3 Å². The molecule has 1 saturated heterocycles. The summed E-state index contributed by atoms with van der Waals surface area (Å²) in [6, 6.07) is 14.1. The van der Waals surface area contributed by atoms with Gasteiger partial charge in [0, 0.05) is 19.6 Å². The molecule has 170 valence electrons. The Morgan fingerprint density at radius 1 is 0.935 bits per heavy atom. The van der Waals surface area contributed by atoms with Crippen LogP contribution in [0, 0.1) is 0 Å². The summed E-state index contributed by atoms with van der Waals surface area (Å²) in [6.07, 6.45) is 3.21. The Hall–Kier alpha value is -2.28. The molecule has 1 atom stereocenters. The molecule has 0 bridgehead atoms. The fourth-order valence-electron chi connectivity index (χ4n) is 4.06. The smallest absolute Gasteiger partial charge is 0.161 e. The zero-order valence-electron chi connectivity index (χ0n) is 19.0. The zero-order chi connectivity index (χ0) is 22.1. The van der Waals surface area contributed by atoms with E-state index < -0.39 is 6.10 Å². The highest BCUT2D eigenvalue weighted by molar-refractivity contribution is 5.43. The summed E-state index contributed by atoms with van der Waals surface area (Å²) >= 11 is 0. The summed E-state index contributed by atoms with van der Waals surface area (Å²) in [5, 5.41) is 10.4. The lowest BCUT2D eigenvalue weighted by Gasteiger charge is -2.28. The molecule has 2 aromatic rings. The first-order chi connectivity index (χ1) is 15.1. The number of hydrogen-bond donors (Lipinski definition) is 1. The van der Waals surface area contributed by atoms with Crippen molar-refractivity contribution in [2.75, 3.05) is 47.5 Å². The Kier molecular flexibility index (Phi) is 9.00. The third kappa shape index (κ3) is 7.42. The van der Waals surface area contributed by atoms with Gasteiger partial charge in [-0.2, -0.15) is 0 Å². The van der Waals surface area contributed by atoms with Gasteiger partial charge in [-0.25, -0.2) is 0 Å². The SMILES string of the molecule is COc1cccc(CN(C)Cc2ccc(OC)c(OCC(O)CN3CCCCC3)c2)c1. The topological polar surface area (TPSA) is 54.4 Å². The molecule has 1 aliphatic heterocycles. The highest BCUT2D eigenvalue weighted by Crippen LogP contribution is 2.29. The predicted molar refractivity (Wildman–Crippen MR) is 123 cm³/mol. The molecule has 0 amide bonds. The largest absolute Gasteiger partial charge is 0.497 e. The first-order valence-corrected chi connectivity index (χ1v) is 11.1. The zero-order valence-corrected chi connectivity index (χ0v) is 19.0. The van der Waals surface area contributed by atoms with Crippen molar-refractivity contribution in [1.29, 1.82) is 0 Å². The van der Waals surface area contributed by atoms with Crippen LogP contribution >= 0.6 is 0 Å². The average Bonchev–Trinajstić information content (AvgIpc) is 2.78. The molecule has 0 radical (unpaired) electrons. The minimum Gasteiger partial charge on any atom is -0.497 e. The fraction of sp³-hybridized carbons (Fsp3) is 0.520. The maximum absolute atomic E-state index is 10.4. The van der Waals surface area contributed by atoms with Crippen LogP contribution in [0.15, 0.2) is 42.5 Å². The van der Waals surface area contributed by atoms with E-state index in [4.69, 9.17) is 14.2 Å². The maximum atomic E-state index is 10.4. The van der Waals surface area contributed by atoms with Gasteiger partial charge < -0.3 is 24.2 Å². The third-order valence-corrected chi connectivity index (χ3v) is 5.62. The summed E-state index contributed by atoms with van der Waals surface area (Å²) in [4.78, 5) is 4.56. The Labute approximate surface area is 186 Å². The Bertz CT molecular complexity index is 808. The normalized spacial score (nSPS) is 15.6. The van der Waals surface area contributed by atoms with Crippen LogP contribution in [0.1, 0.15) is 30.4 Å². The molecule has 1 N–H and O–H groups in total. The number of hydrogen-bond acceptors (Lipinski definition) is 6. The molecule has 6 heteroatoms. The van der Waals surface area contributed by atoms with Crippen molar-refractivity contribution in [3.05, 3.63) is 53.6 Å². The van der Waals surface area contributed by atoms with Gasteiger partial charge in [-0.1, -0.05) is 24.6 Å². The number of nitrogens with zero attached hydrogens (tertiary/aromatic N) is 2. The van der Waals surface area contributed by atoms with Gasteiger partial charge in [-0.15, -0.1) is 0 Å². The molecule has 0 spiro atoms. The first kappa shape index (κ1) is 23.4. The Balaban J connectivity index is 1.56. The summed E-state index contributed by atoms with van der Waals surface area (Å²) in [6.45, 7) is 4.63. The molecule has 6 nitrogen and oxygen atoms in total. The number of methoxy groups -OCH3 is 2. The summed E-state index contributed by atoms with van der Waals surface area (Å²) < 4.78 is 16.7. The molecule has 31 heavy (non-hydrogen) atoms. The van der Waals surface area contributed by atoms with Gasteiger partial charge in [-0.3, -0.25) is 4.90 Å². The second-order valence-electron chi connectivity index (χ2n) is 8.34. The number of likely N-dealkylation sites (tertiary alicyclic amines) is 1. The van der Waals surface area contributed by atoms with Crippen LogP contribution in [0.2, 0.25) is 0 Å². The van der Waals surface area contributed by atoms with Crippen molar-refractivity contribution in [2.24, 2.45) is 0 Å². The number of ether oxygens (including phenoxy) is 3. The fourth-order valence-corrected chi connectivity index (χ4v) is 4.06. The minimum atomic E-state index is -0.512. The molecule has 0 aliphatic carbocycles. The van der Waals surface area contributed by atoms with Gasteiger partial charge in [-0.05, 0) is 68.4 Å². The lowest BCUT2D eigenvalue weighted by molar-refractivity contribution is 0.0608. The van der Waals surface area contributed by atoms with Crippen molar-refractivity contribution in [3.63, 3.8) is 0 Å². The van der Waals surface area contributed by atoms with Crippen molar-refractivity contribution in [1.82, 2.24) is 9.80 Å². The Morgan fingerprint density at radius 2 is 1.68 bits per heavy atom. The van der Waals surface area contributed by atoms with E-state index in [1.165, 1.54) is 24.8 Å². The first-order valence-electron chi connectivity index (χ1n) is 11.1. The van der Waals surface area contributed by atoms with Gasteiger partial charge in [0.25, 0.3) is 0 Å². The second kappa shape index (κ2) is 11.9. The number of aliphatic hydroxyl groups excluding tert-OH is 1. The van der Waals surface area contributed by atoms with Gasteiger partial charge in [0.2, 0.25) is 0 Å². The van der Waals surface area contributed by atoms with E-state index in [2.05, 4.69) is 35.0 Å². The van der Waals surface area contributed by atoms with Gasteiger partial charge in [0.1, 0.15) is 18.5 Å². The van der Waals surface area contributed by atoms with E-state index in [0.29, 0.717) is 18.0 Å². The summed E-state index contributed by atoms with van der Waals surface area (Å²) in [5.74, 6) is 2.23. The number of rotatable bonds is 11. The molecule has 1 unspecified atom stereocenters. The van der Waals surface area contributed by atoms with Crippen molar-refractivity contribution in [2.45, 2.75) is 38.5 Å². The van der Waals surface area contributed by atoms with Gasteiger partial charge in [0.05, 0.1) is 14.2 Å². The van der Waals surface area contributed by atoms with Crippen molar-refractivity contribution in [3.8, 4) is 17.2 Å². The molecule has 0 saturated carbocycles. The molecule has 1 aliphatic rings. The summed E-state index contributed by atoms with van der Waals surface area (Å²) in [5.41, 5.74) is 2.33. The lowest BCUT2D eigenvalue weighted by atomic mass is 10.1. The molecule has 2 aromatic carbocycles. The molecule has 3 rings (SSSR count). The van der Waals surface area contributed by atoms with Crippen LogP contribution < -0.4 is 14.2 Å². The van der Waals surface area contributed by atoms with E-state index in [0.717, 1.165) is 37.5 Å². The second-order valence-corrected chi connectivity index (χ2v) is 8.34. The predicted octanol–water partition coefficient (Wildman–Crippen LogP) is 3.56. The highest BCUT2D eigenvalue weighted by Gasteiger charge is 2.16.